The summed E-state index contributed by atoms with van der Waals surface area (Å²) >= 11 is 0. The van der Waals surface area contributed by atoms with Gasteiger partial charge in [0, 0.05) is 6.04 Å². The Bertz CT molecular complexity index is 519. The number of hydrogen-bond acceptors (Lipinski definition) is 5. The third-order valence-corrected chi connectivity index (χ3v) is 6.00. The van der Waals surface area contributed by atoms with Gasteiger partial charge >= 0.3 is 5.97 Å². The average Bonchev–Trinajstić information content (AvgIpc) is 2.67. The Balaban J connectivity index is 1.90. The van der Waals surface area contributed by atoms with Gasteiger partial charge in [0.1, 0.15) is 6.04 Å². The van der Waals surface area contributed by atoms with E-state index in [9.17, 15) is 23.1 Å². The highest BCUT2D eigenvalue weighted by Crippen LogP contribution is 2.23. The zero-order valence-corrected chi connectivity index (χ0v) is 12.9. The molecule has 2 saturated heterocycles. The molecule has 2 fully saturated rings. The van der Waals surface area contributed by atoms with Gasteiger partial charge in [-0.3, -0.25) is 14.5 Å². The number of carbonyl (C=O) groups is 2. The number of nitrogens with one attached hydrogen (secondary N) is 1. The Labute approximate surface area is 124 Å². The van der Waals surface area contributed by atoms with Crippen molar-refractivity contribution in [1.82, 2.24) is 10.2 Å². The number of carboxylic acid groups (broad SMARTS) is 1. The number of carbonyl (C=O) groups excluding carboxylic acids is 1. The Kier molecular flexibility index (Phi) is 4.88. The molecule has 0 saturated carbocycles. The van der Waals surface area contributed by atoms with Crippen molar-refractivity contribution < 1.29 is 23.1 Å². The molecule has 1 amide bonds. The van der Waals surface area contributed by atoms with E-state index in [2.05, 4.69) is 5.32 Å². The van der Waals surface area contributed by atoms with Crippen molar-refractivity contribution in [2.24, 2.45) is 5.92 Å². The van der Waals surface area contributed by atoms with Crippen LogP contribution in [0.5, 0.6) is 0 Å². The number of amides is 1. The minimum Gasteiger partial charge on any atom is -0.480 e. The number of aliphatic carboxylic acids is 1. The highest BCUT2D eigenvalue weighted by Gasteiger charge is 2.36. The summed E-state index contributed by atoms with van der Waals surface area (Å²) in [5.74, 6) is -1.10. The van der Waals surface area contributed by atoms with E-state index in [0.717, 1.165) is 12.8 Å². The summed E-state index contributed by atoms with van der Waals surface area (Å²) in [6.45, 7) is 2.47. The fourth-order valence-electron chi connectivity index (χ4n) is 3.22. The van der Waals surface area contributed by atoms with Crippen LogP contribution in [-0.2, 0) is 19.4 Å². The fourth-order valence-corrected chi connectivity index (χ4v) is 4.89. The lowest BCUT2D eigenvalue weighted by atomic mass is 9.91. The molecule has 2 N–H and O–H groups in total. The van der Waals surface area contributed by atoms with Gasteiger partial charge < -0.3 is 10.4 Å². The second kappa shape index (κ2) is 6.31. The standard InChI is InChI=1S/C13H22N2O5S/c1-9-3-2-5-15(12(9)13(17)18)7-11(16)14-10-4-6-21(19,20)8-10/h9-10,12H,2-8H2,1H3,(H,14,16)(H,17,18). The summed E-state index contributed by atoms with van der Waals surface area (Å²) in [6, 6.07) is -0.982. The summed E-state index contributed by atoms with van der Waals surface area (Å²) in [5.41, 5.74) is 0. The van der Waals surface area contributed by atoms with Gasteiger partial charge in [0.15, 0.2) is 9.84 Å². The summed E-state index contributed by atoms with van der Waals surface area (Å²) in [5, 5.41) is 12.0. The number of likely N-dealkylation sites (tertiary alicyclic amines) is 1. The molecule has 3 unspecified atom stereocenters. The maximum Gasteiger partial charge on any atom is 0.321 e. The van der Waals surface area contributed by atoms with Gasteiger partial charge in [-0.1, -0.05) is 6.92 Å². The molecule has 2 heterocycles. The number of rotatable bonds is 4. The molecule has 2 aliphatic heterocycles. The van der Waals surface area contributed by atoms with Crippen LogP contribution in [0, 0.1) is 5.92 Å². The number of piperidine rings is 1. The van der Waals surface area contributed by atoms with E-state index in [1.165, 1.54) is 0 Å². The lowest BCUT2D eigenvalue weighted by Gasteiger charge is -2.36. The molecule has 0 aromatic rings. The van der Waals surface area contributed by atoms with Crippen LogP contribution in [0.1, 0.15) is 26.2 Å². The van der Waals surface area contributed by atoms with Gasteiger partial charge in [-0.25, -0.2) is 8.42 Å². The maximum absolute atomic E-state index is 12.0. The molecule has 0 aromatic carbocycles. The van der Waals surface area contributed by atoms with Gasteiger partial charge in [0.2, 0.25) is 5.91 Å². The van der Waals surface area contributed by atoms with Crippen LogP contribution < -0.4 is 5.32 Å². The third kappa shape index (κ3) is 4.16. The molecular weight excluding hydrogens is 296 g/mol. The first-order valence-electron chi connectivity index (χ1n) is 7.25. The van der Waals surface area contributed by atoms with Crippen LogP contribution in [-0.4, -0.2) is 67.0 Å². The highest BCUT2D eigenvalue weighted by molar-refractivity contribution is 7.91. The molecule has 2 aliphatic rings. The Hall–Kier alpha value is -1.15. The normalized spacial score (nSPS) is 32.7. The van der Waals surface area contributed by atoms with Gasteiger partial charge in [-0.15, -0.1) is 0 Å². The van der Waals surface area contributed by atoms with Crippen LogP contribution in [0.15, 0.2) is 0 Å². The van der Waals surface area contributed by atoms with Crippen LogP contribution >= 0.6 is 0 Å². The van der Waals surface area contributed by atoms with Crippen LogP contribution in [0.3, 0.4) is 0 Å². The van der Waals surface area contributed by atoms with Crippen molar-refractivity contribution >= 4 is 21.7 Å². The van der Waals surface area contributed by atoms with E-state index in [4.69, 9.17) is 0 Å². The van der Waals surface area contributed by atoms with Gasteiger partial charge in [0.05, 0.1) is 18.1 Å². The van der Waals surface area contributed by atoms with E-state index in [1.807, 2.05) is 6.92 Å². The molecule has 3 atom stereocenters. The SMILES string of the molecule is CC1CCCN(CC(=O)NC2CCS(=O)(=O)C2)C1C(=O)O. The quantitative estimate of drug-likeness (QED) is 0.722. The number of nitrogens with zero attached hydrogens (tertiary/aromatic N) is 1. The molecular formula is C13H22N2O5S. The largest absolute Gasteiger partial charge is 0.480 e. The molecule has 120 valence electrons. The highest BCUT2D eigenvalue weighted by atomic mass is 32.2. The predicted octanol–water partition coefficient (Wildman–Crippen LogP) is -0.525. The van der Waals surface area contributed by atoms with Crippen molar-refractivity contribution in [3.05, 3.63) is 0 Å². The molecule has 0 radical (unpaired) electrons. The molecule has 7 nitrogen and oxygen atoms in total. The van der Waals surface area contributed by atoms with Gasteiger partial charge in [0.25, 0.3) is 0 Å². The Morgan fingerprint density at radius 2 is 2.05 bits per heavy atom. The topological polar surface area (TPSA) is 104 Å². The van der Waals surface area contributed by atoms with Crippen molar-refractivity contribution in [1.29, 1.82) is 0 Å². The van der Waals surface area contributed by atoms with Crippen LogP contribution in [0.2, 0.25) is 0 Å². The summed E-state index contributed by atoms with van der Waals surface area (Å²) in [7, 11) is -3.03. The zero-order chi connectivity index (χ0) is 15.6. The molecule has 2 rings (SSSR count). The van der Waals surface area contributed by atoms with Crippen molar-refractivity contribution in [3.8, 4) is 0 Å². The fraction of sp³-hybridized carbons (Fsp3) is 0.846. The van der Waals surface area contributed by atoms with E-state index < -0.39 is 21.8 Å². The number of sulfone groups is 1. The lowest BCUT2D eigenvalue weighted by Crippen LogP contribution is -2.53. The molecule has 0 spiro atoms. The predicted molar refractivity (Wildman–Crippen MR) is 76.6 cm³/mol. The second-order valence-corrected chi connectivity index (χ2v) is 8.27. The van der Waals surface area contributed by atoms with Gasteiger partial charge in [-0.05, 0) is 31.7 Å². The van der Waals surface area contributed by atoms with Crippen molar-refractivity contribution in [2.45, 2.75) is 38.3 Å². The first-order valence-corrected chi connectivity index (χ1v) is 9.07. The Morgan fingerprint density at radius 3 is 2.62 bits per heavy atom. The maximum atomic E-state index is 12.0. The van der Waals surface area contributed by atoms with E-state index in [0.29, 0.717) is 13.0 Å². The Morgan fingerprint density at radius 1 is 1.33 bits per heavy atom. The van der Waals surface area contributed by atoms with E-state index >= 15 is 0 Å². The summed E-state index contributed by atoms with van der Waals surface area (Å²) in [4.78, 5) is 25.0. The molecule has 8 heteroatoms. The summed E-state index contributed by atoms with van der Waals surface area (Å²) < 4.78 is 22.7. The minimum atomic E-state index is -3.03. The van der Waals surface area contributed by atoms with Crippen LogP contribution in [0.4, 0.5) is 0 Å². The molecule has 0 aliphatic carbocycles. The molecule has 0 bridgehead atoms. The minimum absolute atomic E-state index is 0.0101. The van der Waals surface area contributed by atoms with E-state index in [1.54, 1.807) is 4.90 Å². The smallest absolute Gasteiger partial charge is 0.321 e. The lowest BCUT2D eigenvalue weighted by molar-refractivity contribution is -0.147. The van der Waals surface area contributed by atoms with Gasteiger partial charge in [-0.2, -0.15) is 0 Å². The second-order valence-electron chi connectivity index (χ2n) is 6.04. The summed E-state index contributed by atoms with van der Waals surface area (Å²) in [6.07, 6.45) is 2.15. The average molecular weight is 318 g/mol. The van der Waals surface area contributed by atoms with E-state index in [-0.39, 0.29) is 35.9 Å². The van der Waals surface area contributed by atoms with Crippen molar-refractivity contribution in [3.63, 3.8) is 0 Å². The number of hydrogen-bond donors (Lipinski definition) is 2. The van der Waals surface area contributed by atoms with Crippen molar-refractivity contribution in [2.75, 3.05) is 24.6 Å². The monoisotopic (exact) mass is 318 g/mol. The first kappa shape index (κ1) is 16.2. The first-order chi connectivity index (χ1) is 9.78. The zero-order valence-electron chi connectivity index (χ0n) is 12.1. The number of carboxylic acids is 1. The molecule has 0 aromatic heterocycles. The third-order valence-electron chi connectivity index (χ3n) is 4.23. The molecule has 21 heavy (non-hydrogen) atoms. The van der Waals surface area contributed by atoms with Crippen LogP contribution in [0.25, 0.3) is 0 Å².